The van der Waals surface area contributed by atoms with Crippen LogP contribution in [0.25, 0.3) is 0 Å². The third-order valence-electron chi connectivity index (χ3n) is 4.28. The number of alkyl halides is 1. The fourth-order valence-corrected chi connectivity index (χ4v) is 3.62. The van der Waals surface area contributed by atoms with Gasteiger partial charge in [-0.3, -0.25) is 14.9 Å². The molecule has 0 saturated carbocycles. The summed E-state index contributed by atoms with van der Waals surface area (Å²) in [6, 6.07) is 20.3. The molecule has 0 aliphatic rings. The maximum Gasteiger partial charge on any atom is 0.338 e. The van der Waals surface area contributed by atoms with Crippen LogP contribution in [0, 0.1) is 10.1 Å². The second-order valence-corrected chi connectivity index (χ2v) is 7.74. The van der Waals surface area contributed by atoms with E-state index in [1.54, 1.807) is 48.5 Å². The maximum absolute atomic E-state index is 13.1. The Kier molecular flexibility index (Phi) is 6.97. The summed E-state index contributed by atoms with van der Waals surface area (Å²) < 4.78 is 5.56. The summed E-state index contributed by atoms with van der Waals surface area (Å²) in [5.41, 5.74) is 0.824. The lowest BCUT2D eigenvalue weighted by Crippen LogP contribution is -2.31. The first kappa shape index (κ1) is 21.7. The molecule has 3 aromatic carbocycles. The van der Waals surface area contributed by atoms with Gasteiger partial charge in [0.05, 0.1) is 15.3 Å². The summed E-state index contributed by atoms with van der Waals surface area (Å²) in [5, 5.41) is 11.5. The van der Waals surface area contributed by atoms with Gasteiger partial charge < -0.3 is 4.74 Å². The van der Waals surface area contributed by atoms with Crippen LogP contribution in [0.15, 0.2) is 78.9 Å². The standard InChI is InChI=1S/C22H15BrClNO5/c23-19(15-8-5-11-18(13-15)25(28)29)21(20(26)14-6-2-1-3-7-14)30-22(27)16-9-4-10-17(24)12-16/h1-13,19,21H/t19-,21-/m1/s1. The van der Waals surface area contributed by atoms with Crippen LogP contribution >= 0.6 is 27.5 Å². The van der Waals surface area contributed by atoms with Crippen molar-refractivity contribution in [3.63, 3.8) is 0 Å². The van der Waals surface area contributed by atoms with E-state index in [1.807, 2.05) is 0 Å². The first-order chi connectivity index (χ1) is 14.4. The predicted octanol–water partition coefficient (Wildman–Crippen LogP) is 5.79. The SMILES string of the molecule is O=C(O[C@@H](C(=O)c1ccccc1)[C@H](Br)c1cccc([N+](=O)[O-])c1)c1cccc(Cl)c1. The molecule has 3 aromatic rings. The van der Waals surface area contributed by atoms with Gasteiger partial charge in [-0.15, -0.1) is 0 Å². The fourth-order valence-electron chi connectivity index (χ4n) is 2.80. The first-order valence-electron chi connectivity index (χ1n) is 8.81. The van der Waals surface area contributed by atoms with Gasteiger partial charge in [-0.25, -0.2) is 4.79 Å². The number of esters is 1. The number of rotatable bonds is 7. The first-order valence-corrected chi connectivity index (χ1v) is 10.1. The summed E-state index contributed by atoms with van der Waals surface area (Å²) in [7, 11) is 0. The number of carbonyl (C=O) groups is 2. The van der Waals surface area contributed by atoms with Crippen LogP contribution in [0.1, 0.15) is 31.1 Å². The molecule has 0 bridgehead atoms. The van der Waals surface area contributed by atoms with Crippen LogP contribution in [0.3, 0.4) is 0 Å². The summed E-state index contributed by atoms with van der Waals surface area (Å²) in [6.07, 6.45) is -1.26. The van der Waals surface area contributed by atoms with E-state index in [1.165, 1.54) is 30.3 Å². The highest BCUT2D eigenvalue weighted by molar-refractivity contribution is 9.09. The highest BCUT2D eigenvalue weighted by Crippen LogP contribution is 2.33. The highest BCUT2D eigenvalue weighted by Gasteiger charge is 2.33. The molecule has 0 aromatic heterocycles. The van der Waals surface area contributed by atoms with Gasteiger partial charge in [0.15, 0.2) is 6.10 Å². The van der Waals surface area contributed by atoms with Gasteiger partial charge in [-0.2, -0.15) is 0 Å². The van der Waals surface area contributed by atoms with E-state index in [2.05, 4.69) is 15.9 Å². The van der Waals surface area contributed by atoms with Crippen LogP contribution in [0.5, 0.6) is 0 Å². The molecule has 0 heterocycles. The lowest BCUT2D eigenvalue weighted by molar-refractivity contribution is -0.384. The van der Waals surface area contributed by atoms with Crippen molar-refractivity contribution in [3.05, 3.63) is 111 Å². The Morgan fingerprint density at radius 2 is 1.60 bits per heavy atom. The van der Waals surface area contributed by atoms with E-state index in [-0.39, 0.29) is 11.3 Å². The van der Waals surface area contributed by atoms with Gasteiger partial charge in [0.2, 0.25) is 5.78 Å². The number of nitrogens with zero attached hydrogens (tertiary/aromatic N) is 1. The molecule has 3 rings (SSSR count). The molecule has 0 amide bonds. The van der Waals surface area contributed by atoms with Gasteiger partial charge in [0, 0.05) is 22.7 Å². The molecule has 30 heavy (non-hydrogen) atoms. The topological polar surface area (TPSA) is 86.5 Å². The second-order valence-electron chi connectivity index (χ2n) is 6.32. The minimum absolute atomic E-state index is 0.135. The lowest BCUT2D eigenvalue weighted by atomic mass is 9.99. The van der Waals surface area contributed by atoms with Crippen molar-refractivity contribution in [3.8, 4) is 0 Å². The number of benzene rings is 3. The molecule has 0 spiro atoms. The molecule has 0 fully saturated rings. The number of hydrogen-bond donors (Lipinski definition) is 0. The third kappa shape index (κ3) is 5.11. The molecule has 0 aliphatic heterocycles. The minimum Gasteiger partial charge on any atom is -0.449 e. The lowest BCUT2D eigenvalue weighted by Gasteiger charge is -2.22. The maximum atomic E-state index is 13.1. The van der Waals surface area contributed by atoms with Crippen molar-refractivity contribution in [2.24, 2.45) is 0 Å². The number of non-ortho nitro benzene ring substituents is 1. The summed E-state index contributed by atoms with van der Waals surface area (Å²) in [6.45, 7) is 0. The average Bonchev–Trinajstić information content (AvgIpc) is 2.77. The van der Waals surface area contributed by atoms with Gasteiger partial charge in [0.1, 0.15) is 0 Å². The van der Waals surface area contributed by atoms with Crippen molar-refractivity contribution in [2.45, 2.75) is 10.9 Å². The number of hydrogen-bond acceptors (Lipinski definition) is 5. The third-order valence-corrected chi connectivity index (χ3v) is 5.52. The van der Waals surface area contributed by atoms with E-state index in [0.29, 0.717) is 16.1 Å². The van der Waals surface area contributed by atoms with Crippen LogP contribution in [0.2, 0.25) is 5.02 Å². The van der Waals surface area contributed by atoms with Crippen LogP contribution < -0.4 is 0 Å². The molecule has 2 atom stereocenters. The Morgan fingerprint density at radius 1 is 0.933 bits per heavy atom. The van der Waals surface area contributed by atoms with Crippen molar-refractivity contribution in [1.29, 1.82) is 0 Å². The Balaban J connectivity index is 1.96. The normalized spacial score (nSPS) is 12.6. The minimum atomic E-state index is -1.26. The Labute approximate surface area is 185 Å². The van der Waals surface area contributed by atoms with Crippen LogP contribution in [-0.4, -0.2) is 22.8 Å². The number of carbonyl (C=O) groups excluding carboxylic acids is 2. The zero-order chi connectivity index (χ0) is 21.7. The monoisotopic (exact) mass is 487 g/mol. The molecule has 0 unspecified atom stereocenters. The van der Waals surface area contributed by atoms with Crippen molar-refractivity contribution in [1.82, 2.24) is 0 Å². The average molecular weight is 489 g/mol. The molecule has 6 nitrogen and oxygen atoms in total. The Bertz CT molecular complexity index is 1090. The van der Waals surface area contributed by atoms with Crippen LogP contribution in [0.4, 0.5) is 5.69 Å². The predicted molar refractivity (Wildman–Crippen MR) is 116 cm³/mol. The van der Waals surface area contributed by atoms with E-state index < -0.39 is 27.6 Å². The van der Waals surface area contributed by atoms with E-state index in [4.69, 9.17) is 16.3 Å². The zero-order valence-electron chi connectivity index (χ0n) is 15.4. The summed E-state index contributed by atoms with van der Waals surface area (Å²) >= 11 is 9.34. The van der Waals surface area contributed by atoms with E-state index in [0.717, 1.165) is 0 Å². The van der Waals surface area contributed by atoms with Gasteiger partial charge in [-0.05, 0) is 23.8 Å². The number of nitro benzene ring substituents is 1. The van der Waals surface area contributed by atoms with Gasteiger partial charge in [-0.1, -0.05) is 76.1 Å². The highest BCUT2D eigenvalue weighted by atomic mass is 79.9. The molecule has 0 radical (unpaired) electrons. The van der Waals surface area contributed by atoms with E-state index in [9.17, 15) is 19.7 Å². The fraction of sp³-hybridized carbons (Fsp3) is 0.0909. The largest absolute Gasteiger partial charge is 0.449 e. The molecule has 0 N–H and O–H groups in total. The molecule has 152 valence electrons. The van der Waals surface area contributed by atoms with Crippen molar-refractivity contribution >= 4 is 45.0 Å². The summed E-state index contributed by atoms with van der Waals surface area (Å²) in [4.78, 5) is 35.6. The van der Waals surface area contributed by atoms with Crippen LogP contribution in [-0.2, 0) is 4.74 Å². The van der Waals surface area contributed by atoms with Crippen molar-refractivity contribution in [2.75, 3.05) is 0 Å². The van der Waals surface area contributed by atoms with Gasteiger partial charge >= 0.3 is 5.97 Å². The smallest absolute Gasteiger partial charge is 0.338 e. The molecular formula is C22H15BrClNO5. The Morgan fingerprint density at radius 3 is 2.27 bits per heavy atom. The molecule has 8 heteroatoms. The zero-order valence-corrected chi connectivity index (χ0v) is 17.7. The number of Topliss-reactive ketones (excluding diaryl/α,β-unsaturated/α-hetero) is 1. The van der Waals surface area contributed by atoms with Gasteiger partial charge in [0.25, 0.3) is 5.69 Å². The summed E-state index contributed by atoms with van der Waals surface area (Å²) in [5.74, 6) is -1.18. The van der Waals surface area contributed by atoms with Crippen molar-refractivity contribution < 1.29 is 19.2 Å². The second kappa shape index (κ2) is 9.65. The molecule has 0 aliphatic carbocycles. The number of ether oxygens (including phenoxy) is 1. The number of ketones is 1. The number of nitro groups is 1. The molecular weight excluding hydrogens is 474 g/mol. The van der Waals surface area contributed by atoms with E-state index >= 15 is 0 Å². The number of halogens is 2. The molecule has 0 saturated heterocycles. The quantitative estimate of drug-likeness (QED) is 0.138. The Hall–Kier alpha value is -3.03.